The predicted octanol–water partition coefficient (Wildman–Crippen LogP) is 2.93. The van der Waals surface area contributed by atoms with E-state index in [4.69, 9.17) is 9.47 Å². The molecule has 1 amide bonds. The first kappa shape index (κ1) is 16.6. The van der Waals surface area contributed by atoms with E-state index in [0.29, 0.717) is 6.54 Å². The Balaban J connectivity index is 0.000000119. The molecule has 2 fully saturated rings. The normalized spacial score (nSPS) is 22.4. The average Bonchev–Trinajstić information content (AvgIpc) is 3.60. The Morgan fingerprint density at radius 1 is 0.778 bits per heavy atom. The van der Waals surface area contributed by atoms with Gasteiger partial charge in [-0.05, 0) is 25.0 Å². The molecule has 2 aromatic rings. The van der Waals surface area contributed by atoms with Crippen molar-refractivity contribution < 1.29 is 14.3 Å². The van der Waals surface area contributed by atoms with Crippen LogP contribution in [0.2, 0.25) is 0 Å². The standard InChI is InChI=1S/C11H11NO2.C11H13NO/c13-10-11(5-6-11)14-9-4-2-1-3-8(9)7-12-10;1-2-4-10-9(3-1)7-12-8-11(13-10)5-6-11/h1-4H,5-7H2,(H,12,13);1-4,12H,5-8H2. The summed E-state index contributed by atoms with van der Waals surface area (Å²) in [5.74, 6) is 1.96. The van der Waals surface area contributed by atoms with Gasteiger partial charge in [0.25, 0.3) is 5.91 Å². The fraction of sp³-hybridized carbons (Fsp3) is 0.409. The maximum atomic E-state index is 11.6. The largest absolute Gasteiger partial charge is 0.486 e. The first-order valence-electron chi connectivity index (χ1n) is 9.71. The van der Waals surface area contributed by atoms with E-state index in [1.54, 1.807) is 0 Å². The molecule has 2 saturated carbocycles. The van der Waals surface area contributed by atoms with Gasteiger partial charge in [-0.2, -0.15) is 0 Å². The molecule has 5 nitrogen and oxygen atoms in total. The summed E-state index contributed by atoms with van der Waals surface area (Å²) in [5, 5.41) is 6.32. The lowest BCUT2D eigenvalue weighted by Crippen LogP contribution is -2.37. The van der Waals surface area contributed by atoms with E-state index >= 15 is 0 Å². The summed E-state index contributed by atoms with van der Waals surface area (Å²) < 4.78 is 11.7. The van der Waals surface area contributed by atoms with Crippen LogP contribution in [0.4, 0.5) is 0 Å². The first-order valence-corrected chi connectivity index (χ1v) is 9.71. The molecule has 0 radical (unpaired) electrons. The van der Waals surface area contributed by atoms with Crippen molar-refractivity contribution in [1.29, 1.82) is 0 Å². The lowest BCUT2D eigenvalue weighted by atomic mass is 10.2. The second-order valence-electron chi connectivity index (χ2n) is 7.88. The van der Waals surface area contributed by atoms with Crippen LogP contribution in [0.3, 0.4) is 0 Å². The van der Waals surface area contributed by atoms with Crippen molar-refractivity contribution in [2.45, 2.75) is 50.0 Å². The summed E-state index contributed by atoms with van der Waals surface area (Å²) in [4.78, 5) is 11.6. The van der Waals surface area contributed by atoms with Crippen molar-refractivity contribution in [2.24, 2.45) is 0 Å². The van der Waals surface area contributed by atoms with Crippen LogP contribution in [0, 0.1) is 0 Å². The molecule has 2 spiro atoms. The molecule has 27 heavy (non-hydrogen) atoms. The van der Waals surface area contributed by atoms with Crippen LogP contribution in [0.15, 0.2) is 48.5 Å². The monoisotopic (exact) mass is 364 g/mol. The molecule has 2 heterocycles. The Morgan fingerprint density at radius 2 is 1.41 bits per heavy atom. The first-order chi connectivity index (χ1) is 13.2. The molecule has 6 rings (SSSR count). The van der Waals surface area contributed by atoms with Gasteiger partial charge in [-0.25, -0.2) is 0 Å². The third-order valence-corrected chi connectivity index (χ3v) is 5.70. The van der Waals surface area contributed by atoms with Crippen LogP contribution in [0.1, 0.15) is 36.8 Å². The molecule has 5 heteroatoms. The Morgan fingerprint density at radius 3 is 2.07 bits per heavy atom. The van der Waals surface area contributed by atoms with Gasteiger partial charge in [0.05, 0.1) is 0 Å². The van der Waals surface area contributed by atoms with Crippen LogP contribution < -0.4 is 20.1 Å². The highest BCUT2D eigenvalue weighted by Gasteiger charge is 2.54. The van der Waals surface area contributed by atoms with Gasteiger partial charge in [0.1, 0.15) is 17.1 Å². The fourth-order valence-corrected chi connectivity index (χ4v) is 3.65. The van der Waals surface area contributed by atoms with Gasteiger partial charge in [-0.3, -0.25) is 4.79 Å². The third kappa shape index (κ3) is 3.28. The smallest absolute Gasteiger partial charge is 0.264 e. The van der Waals surface area contributed by atoms with E-state index in [2.05, 4.69) is 28.8 Å². The second kappa shape index (κ2) is 6.27. The van der Waals surface area contributed by atoms with Crippen LogP contribution in [-0.2, 0) is 17.9 Å². The topological polar surface area (TPSA) is 59.6 Å². The molecule has 0 unspecified atom stereocenters. The highest BCUT2D eigenvalue weighted by Crippen LogP contribution is 2.43. The van der Waals surface area contributed by atoms with Crippen molar-refractivity contribution in [3.05, 3.63) is 59.7 Å². The van der Waals surface area contributed by atoms with Gasteiger partial charge in [0, 0.05) is 43.6 Å². The Labute approximate surface area is 159 Å². The highest BCUT2D eigenvalue weighted by molar-refractivity contribution is 5.89. The van der Waals surface area contributed by atoms with Crippen molar-refractivity contribution >= 4 is 5.91 Å². The van der Waals surface area contributed by atoms with Gasteiger partial charge in [0.15, 0.2) is 5.60 Å². The minimum Gasteiger partial charge on any atom is -0.486 e. The van der Waals surface area contributed by atoms with Crippen molar-refractivity contribution in [3.63, 3.8) is 0 Å². The number of fused-ring (bicyclic) bond motifs is 2. The van der Waals surface area contributed by atoms with Crippen LogP contribution in [0.5, 0.6) is 11.5 Å². The summed E-state index contributed by atoms with van der Waals surface area (Å²) in [6.45, 7) is 2.52. The van der Waals surface area contributed by atoms with Crippen LogP contribution >= 0.6 is 0 Å². The molecule has 2 aliphatic carbocycles. The molecular formula is C22H24N2O3. The molecule has 4 aliphatic rings. The average molecular weight is 364 g/mol. The van der Waals surface area contributed by atoms with Gasteiger partial charge in [-0.1, -0.05) is 36.4 Å². The van der Waals surface area contributed by atoms with Crippen molar-refractivity contribution in [3.8, 4) is 11.5 Å². The van der Waals surface area contributed by atoms with E-state index in [9.17, 15) is 4.79 Å². The Hall–Kier alpha value is -2.53. The van der Waals surface area contributed by atoms with Gasteiger partial charge in [-0.15, -0.1) is 0 Å². The van der Waals surface area contributed by atoms with E-state index in [1.807, 2.05) is 30.3 Å². The van der Waals surface area contributed by atoms with Crippen molar-refractivity contribution in [1.82, 2.24) is 10.6 Å². The van der Waals surface area contributed by atoms with Crippen LogP contribution in [0.25, 0.3) is 0 Å². The van der Waals surface area contributed by atoms with E-state index in [-0.39, 0.29) is 11.5 Å². The summed E-state index contributed by atoms with van der Waals surface area (Å²) >= 11 is 0. The SMILES string of the molecule is O=C1NCc2ccccc2OC12CC2.c1ccc2c(c1)CNCC1(CC1)O2. The molecule has 140 valence electrons. The minimum absolute atomic E-state index is 0.0358. The summed E-state index contributed by atoms with van der Waals surface area (Å²) in [5.41, 5.74) is 1.95. The van der Waals surface area contributed by atoms with Crippen LogP contribution in [-0.4, -0.2) is 23.7 Å². The van der Waals surface area contributed by atoms with E-state index in [0.717, 1.165) is 43.0 Å². The molecular weight excluding hydrogens is 340 g/mol. The fourth-order valence-electron chi connectivity index (χ4n) is 3.65. The molecule has 2 aliphatic heterocycles. The van der Waals surface area contributed by atoms with Gasteiger partial charge >= 0.3 is 0 Å². The second-order valence-corrected chi connectivity index (χ2v) is 7.88. The third-order valence-electron chi connectivity index (χ3n) is 5.70. The van der Waals surface area contributed by atoms with Gasteiger partial charge < -0.3 is 20.1 Å². The molecule has 2 N–H and O–H groups in total. The number of nitrogens with one attached hydrogen (secondary N) is 2. The zero-order chi connectivity index (χ0) is 18.3. The lowest BCUT2D eigenvalue weighted by Gasteiger charge is -2.14. The number of para-hydroxylation sites is 2. The van der Waals surface area contributed by atoms with E-state index in [1.165, 1.54) is 18.4 Å². The maximum absolute atomic E-state index is 11.6. The molecule has 0 aromatic heterocycles. The number of amides is 1. The lowest BCUT2D eigenvalue weighted by molar-refractivity contribution is -0.129. The van der Waals surface area contributed by atoms with E-state index < -0.39 is 5.60 Å². The summed E-state index contributed by atoms with van der Waals surface area (Å²) in [6.07, 6.45) is 4.09. The predicted molar refractivity (Wildman–Crippen MR) is 102 cm³/mol. The number of hydrogen-bond acceptors (Lipinski definition) is 4. The molecule has 2 aromatic carbocycles. The number of carbonyl (C=O) groups is 1. The molecule has 0 saturated heterocycles. The number of hydrogen-bond donors (Lipinski definition) is 2. The number of ether oxygens (including phenoxy) is 2. The Kier molecular flexibility index (Phi) is 3.86. The van der Waals surface area contributed by atoms with Crippen molar-refractivity contribution in [2.75, 3.05) is 6.54 Å². The Bertz CT molecular complexity index is 871. The maximum Gasteiger partial charge on any atom is 0.264 e. The zero-order valence-electron chi connectivity index (χ0n) is 15.3. The number of rotatable bonds is 0. The van der Waals surface area contributed by atoms with Gasteiger partial charge in [0.2, 0.25) is 0 Å². The minimum atomic E-state index is -0.535. The quantitative estimate of drug-likeness (QED) is 0.755. The summed E-state index contributed by atoms with van der Waals surface area (Å²) in [6, 6.07) is 16.1. The molecule has 0 bridgehead atoms. The number of carbonyl (C=O) groups excluding carboxylic acids is 1. The number of benzene rings is 2. The molecule has 0 atom stereocenters. The highest BCUT2D eigenvalue weighted by atomic mass is 16.5. The zero-order valence-corrected chi connectivity index (χ0v) is 15.3. The summed E-state index contributed by atoms with van der Waals surface area (Å²) in [7, 11) is 0.